The molecule has 0 spiro atoms. The van der Waals surface area contributed by atoms with E-state index in [0.29, 0.717) is 23.9 Å². The second-order valence-electron chi connectivity index (χ2n) is 13.4. The third kappa shape index (κ3) is 6.97. The van der Waals surface area contributed by atoms with Crippen LogP contribution in [0.25, 0.3) is 16.9 Å². The van der Waals surface area contributed by atoms with Crippen LogP contribution < -0.4 is 10.9 Å². The molecule has 3 heterocycles. The van der Waals surface area contributed by atoms with Gasteiger partial charge in [-0.05, 0) is 82.9 Å². The summed E-state index contributed by atoms with van der Waals surface area (Å²) in [6.45, 7) is 9.48. The van der Waals surface area contributed by atoms with Crippen molar-refractivity contribution in [3.05, 3.63) is 87.1 Å². The summed E-state index contributed by atoms with van der Waals surface area (Å²) in [4.78, 5) is 24.2. The van der Waals surface area contributed by atoms with Crippen molar-refractivity contribution >= 4 is 11.6 Å². The van der Waals surface area contributed by atoms with Crippen molar-refractivity contribution in [3.8, 4) is 11.1 Å². The Hall–Kier alpha value is -4.06. The Morgan fingerprint density at radius 2 is 1.79 bits per heavy atom. The number of benzene rings is 2. The van der Waals surface area contributed by atoms with E-state index in [1.54, 1.807) is 13.8 Å². The van der Waals surface area contributed by atoms with Crippen molar-refractivity contribution in [2.24, 2.45) is 5.16 Å². The molecule has 0 amide bonds. The van der Waals surface area contributed by atoms with Gasteiger partial charge >= 0.3 is 6.41 Å². The van der Waals surface area contributed by atoms with Crippen LogP contribution >= 0.6 is 0 Å². The number of rotatable bonds is 11. The fourth-order valence-corrected chi connectivity index (χ4v) is 6.58. The van der Waals surface area contributed by atoms with Crippen LogP contribution in [0.1, 0.15) is 100 Å². The Morgan fingerprint density at radius 3 is 2.43 bits per heavy atom. The predicted molar refractivity (Wildman–Crippen MR) is 180 cm³/mol. The van der Waals surface area contributed by atoms with Crippen molar-refractivity contribution in [1.82, 2.24) is 24.5 Å². The highest BCUT2D eigenvalue weighted by Crippen LogP contribution is 2.33. The predicted octanol–water partition coefficient (Wildman–Crippen LogP) is 5.02. The van der Waals surface area contributed by atoms with Gasteiger partial charge in [0.1, 0.15) is 5.82 Å². The van der Waals surface area contributed by atoms with Crippen molar-refractivity contribution < 1.29 is 19.8 Å². The van der Waals surface area contributed by atoms with Crippen LogP contribution in [0.15, 0.2) is 58.5 Å². The van der Waals surface area contributed by atoms with E-state index in [-0.39, 0.29) is 23.8 Å². The Kier molecular flexibility index (Phi) is 9.50. The van der Waals surface area contributed by atoms with Crippen molar-refractivity contribution in [2.45, 2.75) is 116 Å². The number of aliphatic hydroxyl groups excluding tert-OH is 1. The molecule has 11 heteroatoms. The molecule has 2 aromatic heterocycles. The van der Waals surface area contributed by atoms with Crippen LogP contribution in [0.3, 0.4) is 0 Å². The average molecular weight is 643 g/mol. The maximum Gasteiger partial charge on any atom is 0.304 e. The first kappa shape index (κ1) is 32.9. The van der Waals surface area contributed by atoms with E-state index < -0.39 is 12.0 Å². The molecule has 1 aliphatic heterocycles. The molecule has 0 bridgehead atoms. The number of aliphatic hydroxyl groups is 2. The van der Waals surface area contributed by atoms with Gasteiger partial charge in [0.05, 0.1) is 23.5 Å². The molecule has 0 radical (unpaired) electrons. The lowest BCUT2D eigenvalue weighted by atomic mass is 9.91. The molecule has 1 saturated carbocycles. The summed E-state index contributed by atoms with van der Waals surface area (Å²) in [6.07, 6.45) is 4.94. The molecule has 6 rings (SSSR count). The van der Waals surface area contributed by atoms with Gasteiger partial charge in [-0.15, -0.1) is 0 Å². The van der Waals surface area contributed by atoms with E-state index in [0.717, 1.165) is 78.5 Å². The van der Waals surface area contributed by atoms with Gasteiger partial charge in [0, 0.05) is 23.6 Å². The Bertz CT molecular complexity index is 1800. The molecule has 2 atom stereocenters. The second kappa shape index (κ2) is 13.6. The van der Waals surface area contributed by atoms with Crippen LogP contribution in [-0.2, 0) is 22.4 Å². The number of amidine groups is 1. The maximum atomic E-state index is 14.5. The van der Waals surface area contributed by atoms with E-state index in [1.165, 1.54) is 0 Å². The minimum absolute atomic E-state index is 0.00327. The summed E-state index contributed by atoms with van der Waals surface area (Å²) in [6, 6.07) is 16.1. The van der Waals surface area contributed by atoms with Gasteiger partial charge < -0.3 is 25.1 Å². The zero-order valence-electron chi connectivity index (χ0n) is 27.9. The number of nitrogens with one attached hydrogen (secondary N) is 1. The molecule has 4 aromatic rings. The number of ether oxygens (including phenoxy) is 1. The van der Waals surface area contributed by atoms with Gasteiger partial charge in [0.2, 0.25) is 5.78 Å². The summed E-state index contributed by atoms with van der Waals surface area (Å²) in [7, 11) is 0. The molecule has 2 unspecified atom stereocenters. The topological polar surface area (TPSA) is 136 Å². The van der Waals surface area contributed by atoms with Crippen LogP contribution in [0.4, 0.5) is 0 Å². The number of oxime groups is 1. The van der Waals surface area contributed by atoms with Gasteiger partial charge in [-0.1, -0.05) is 67.0 Å². The summed E-state index contributed by atoms with van der Waals surface area (Å²) < 4.78 is 10.0. The van der Waals surface area contributed by atoms with Crippen molar-refractivity contribution in [2.75, 3.05) is 0 Å². The maximum absolute atomic E-state index is 14.5. The molecule has 250 valence electrons. The van der Waals surface area contributed by atoms with E-state index in [4.69, 9.17) is 19.7 Å². The molecule has 2 aromatic carbocycles. The lowest BCUT2D eigenvalue weighted by Crippen LogP contribution is -2.40. The first-order chi connectivity index (χ1) is 22.5. The smallest absolute Gasteiger partial charge is 0.304 e. The minimum atomic E-state index is -1.16. The van der Waals surface area contributed by atoms with E-state index in [1.807, 2.05) is 47.2 Å². The Labute approximate surface area is 275 Å². The second-order valence-corrected chi connectivity index (χ2v) is 13.4. The van der Waals surface area contributed by atoms with Gasteiger partial charge in [0.15, 0.2) is 5.84 Å². The van der Waals surface area contributed by atoms with Crippen molar-refractivity contribution in [1.29, 1.82) is 0 Å². The van der Waals surface area contributed by atoms with E-state index >= 15 is 0 Å². The number of hydrogen-bond donors (Lipinski definition) is 3. The third-order valence-corrected chi connectivity index (χ3v) is 9.49. The van der Waals surface area contributed by atoms with Crippen LogP contribution in [0.5, 0.6) is 0 Å². The molecule has 2 aliphatic rings. The number of fused-ring (bicyclic) bond motifs is 1. The number of nitrogens with zero attached hydrogens (tertiary/aromatic N) is 5. The lowest BCUT2D eigenvalue weighted by molar-refractivity contribution is -0.118. The number of aryl methyl sites for hydroxylation is 2. The van der Waals surface area contributed by atoms with E-state index in [9.17, 15) is 15.0 Å². The highest BCUT2D eigenvalue weighted by Gasteiger charge is 2.32. The molecule has 1 fully saturated rings. The molecule has 11 nitrogen and oxygen atoms in total. The Morgan fingerprint density at radius 1 is 1.09 bits per heavy atom. The first-order valence-electron chi connectivity index (χ1n) is 16.8. The van der Waals surface area contributed by atoms with Gasteiger partial charge in [-0.2, -0.15) is 10.1 Å². The quantitative estimate of drug-likeness (QED) is 0.208. The van der Waals surface area contributed by atoms with Gasteiger partial charge in [0.25, 0.3) is 5.56 Å². The molecular formula is C36H46N6O5. The molecule has 1 aliphatic carbocycles. The summed E-state index contributed by atoms with van der Waals surface area (Å²) >= 11 is 0. The summed E-state index contributed by atoms with van der Waals surface area (Å²) in [5, 5.41) is 31.7. The lowest BCUT2D eigenvalue weighted by Gasteiger charge is -2.35. The highest BCUT2D eigenvalue weighted by molar-refractivity contribution is 6.04. The molecule has 0 saturated heterocycles. The average Bonchev–Trinajstić information content (AvgIpc) is 3.66. The van der Waals surface area contributed by atoms with Crippen LogP contribution in [-0.4, -0.2) is 59.4 Å². The zero-order chi connectivity index (χ0) is 33.3. The Balaban J connectivity index is 1.32. The van der Waals surface area contributed by atoms with E-state index in [2.05, 4.69) is 41.7 Å². The summed E-state index contributed by atoms with van der Waals surface area (Å²) in [5.74, 6) is 1.73. The molecule has 47 heavy (non-hydrogen) atoms. The van der Waals surface area contributed by atoms with Gasteiger partial charge in [-0.25, -0.2) is 4.52 Å². The highest BCUT2D eigenvalue weighted by atomic mass is 16.7. The largest absolute Gasteiger partial charge is 0.388 e. The number of hydrogen-bond acceptors (Lipinski definition) is 9. The third-order valence-electron chi connectivity index (χ3n) is 9.49. The normalized spacial score (nSPS) is 20.6. The SMILES string of the molecule is CCCCc1c(Cc2ccc(-c3ccccc3C3=NOC(O)N3)cc2)c(=O)n([C@H]2CC[C@H](OC(C)C(C)(C)O)CC2)c2nc(C)nn12. The fourth-order valence-electron chi connectivity index (χ4n) is 6.58. The summed E-state index contributed by atoms with van der Waals surface area (Å²) in [5.41, 5.74) is 4.56. The van der Waals surface area contributed by atoms with Crippen molar-refractivity contribution in [3.63, 3.8) is 0 Å². The monoisotopic (exact) mass is 642 g/mol. The molecular weight excluding hydrogens is 596 g/mol. The van der Waals surface area contributed by atoms with Crippen LogP contribution in [0.2, 0.25) is 0 Å². The number of unbranched alkanes of at least 4 members (excludes halogenated alkanes) is 1. The minimum Gasteiger partial charge on any atom is -0.388 e. The van der Waals surface area contributed by atoms with Gasteiger partial charge in [-0.3, -0.25) is 9.36 Å². The fraction of sp³-hybridized carbons (Fsp3) is 0.500. The number of aromatic nitrogens is 4. The zero-order valence-corrected chi connectivity index (χ0v) is 27.9. The standard InChI is InChI=1S/C36H46N6O5/c1-6-7-12-31-30(21-24-13-15-25(16-14-24)28-10-8-9-11-29(28)32-38-35(44)47-40-32)33(43)41(34-37-23(3)39-42(31)34)26-17-19-27(20-18-26)46-22(2)36(4,5)45/h8-11,13-16,22,26-27,35,44-45H,6-7,12,17-21H2,1-5H3,(H,38,40)/t22?,26-,27-,35?. The van der Waals surface area contributed by atoms with Crippen LogP contribution in [0, 0.1) is 6.92 Å². The molecule has 3 N–H and O–H groups in total. The first-order valence-corrected chi connectivity index (χ1v) is 16.8.